The summed E-state index contributed by atoms with van der Waals surface area (Å²) in [6, 6.07) is 5.37. The molecule has 3 N–H and O–H groups in total. The molecule has 1 saturated carbocycles. The smallest absolute Gasteiger partial charge is 0.339 e. The van der Waals surface area contributed by atoms with Gasteiger partial charge >= 0.3 is 5.97 Å². The average molecular weight is 435 g/mol. The predicted octanol–water partition coefficient (Wildman–Crippen LogP) is 4.03. The molecule has 0 radical (unpaired) electrons. The Morgan fingerprint density at radius 2 is 2.04 bits per heavy atom. The minimum absolute atomic E-state index is 0.265. The lowest BCUT2D eigenvalue weighted by Gasteiger charge is -2.28. The van der Waals surface area contributed by atoms with Crippen LogP contribution < -0.4 is 11.1 Å². The van der Waals surface area contributed by atoms with Crippen molar-refractivity contribution in [1.82, 2.24) is 9.78 Å². The number of rotatable bonds is 5. The van der Waals surface area contributed by atoms with Gasteiger partial charge in [0.15, 0.2) is 5.82 Å². The third-order valence-corrected chi connectivity index (χ3v) is 5.70. The molecule has 2 aromatic rings. The fourth-order valence-electron chi connectivity index (χ4n) is 3.53. The summed E-state index contributed by atoms with van der Waals surface area (Å²) in [6.07, 6.45) is 6.31. The maximum Gasteiger partial charge on any atom is 0.339 e. The second-order valence-electron chi connectivity index (χ2n) is 6.88. The number of hydrogen-bond acceptors (Lipinski definition) is 5. The molecule has 1 aliphatic rings. The van der Waals surface area contributed by atoms with Gasteiger partial charge in [0.2, 0.25) is 0 Å². The van der Waals surface area contributed by atoms with Crippen molar-refractivity contribution in [2.24, 2.45) is 11.7 Å². The van der Waals surface area contributed by atoms with Gasteiger partial charge in [0.05, 0.1) is 18.7 Å². The molecule has 1 heterocycles. The number of esters is 1. The van der Waals surface area contributed by atoms with Gasteiger partial charge in [-0.15, -0.1) is 0 Å². The van der Waals surface area contributed by atoms with Crippen LogP contribution in [0.2, 0.25) is 0 Å². The predicted molar refractivity (Wildman–Crippen MR) is 106 cm³/mol. The molecular weight excluding hydrogens is 412 g/mol. The van der Waals surface area contributed by atoms with Crippen LogP contribution in [0.5, 0.6) is 0 Å². The summed E-state index contributed by atoms with van der Waals surface area (Å²) in [5.41, 5.74) is 7.00. The Balaban J connectivity index is 1.89. The number of nitrogens with zero attached hydrogens (tertiary/aromatic N) is 2. The van der Waals surface area contributed by atoms with Crippen molar-refractivity contribution in [3.63, 3.8) is 0 Å². The Bertz CT molecular complexity index is 865. The van der Waals surface area contributed by atoms with Gasteiger partial charge in [0, 0.05) is 16.4 Å². The van der Waals surface area contributed by atoms with Gasteiger partial charge in [-0.05, 0) is 52.9 Å². The highest BCUT2D eigenvalue weighted by Crippen LogP contribution is 2.34. The van der Waals surface area contributed by atoms with Crippen LogP contribution in [0.3, 0.4) is 0 Å². The lowest BCUT2D eigenvalue weighted by atomic mass is 9.86. The third kappa shape index (κ3) is 4.16. The number of carbonyl (C=O) groups is 2. The number of aromatic nitrogens is 2. The SMILES string of the molecule is COC(=O)c1ccc(Nc2nn(C3CCCC[C@@H]3C)cc2C(N)=O)cc1Br. The maximum atomic E-state index is 11.9. The molecular formula is C19H23BrN4O3. The second-order valence-corrected chi connectivity index (χ2v) is 7.73. The first-order chi connectivity index (χ1) is 12.9. The van der Waals surface area contributed by atoms with Crippen molar-refractivity contribution in [3.05, 3.63) is 40.0 Å². The summed E-state index contributed by atoms with van der Waals surface area (Å²) in [5.74, 6) is -0.0435. The molecule has 0 spiro atoms. The Hall–Kier alpha value is -2.35. The summed E-state index contributed by atoms with van der Waals surface area (Å²) in [7, 11) is 1.33. The zero-order chi connectivity index (χ0) is 19.6. The van der Waals surface area contributed by atoms with Gasteiger partial charge in [0.25, 0.3) is 5.91 Å². The lowest BCUT2D eigenvalue weighted by Crippen LogP contribution is -2.21. The van der Waals surface area contributed by atoms with E-state index in [1.165, 1.54) is 13.5 Å². The van der Waals surface area contributed by atoms with Gasteiger partial charge in [0.1, 0.15) is 5.56 Å². The number of halogens is 1. The zero-order valence-corrected chi connectivity index (χ0v) is 17.0. The number of hydrogen-bond donors (Lipinski definition) is 2. The van der Waals surface area contributed by atoms with Crippen molar-refractivity contribution >= 4 is 39.3 Å². The lowest BCUT2D eigenvalue weighted by molar-refractivity contribution is 0.0599. The highest BCUT2D eigenvalue weighted by molar-refractivity contribution is 9.10. The molecule has 7 nitrogen and oxygen atoms in total. The number of amides is 1. The van der Waals surface area contributed by atoms with Crippen molar-refractivity contribution in [1.29, 1.82) is 0 Å². The minimum Gasteiger partial charge on any atom is -0.465 e. The number of ether oxygens (including phenoxy) is 1. The third-order valence-electron chi connectivity index (χ3n) is 5.04. The van der Waals surface area contributed by atoms with Gasteiger partial charge in [-0.1, -0.05) is 19.8 Å². The van der Waals surface area contributed by atoms with Crippen LogP contribution in [-0.4, -0.2) is 28.8 Å². The summed E-state index contributed by atoms with van der Waals surface area (Å²) < 4.78 is 7.19. The summed E-state index contributed by atoms with van der Waals surface area (Å²) in [4.78, 5) is 23.6. The second kappa shape index (κ2) is 8.12. The molecule has 1 fully saturated rings. The molecule has 0 bridgehead atoms. The first kappa shape index (κ1) is 19.4. The Kier molecular flexibility index (Phi) is 5.84. The molecule has 27 heavy (non-hydrogen) atoms. The molecule has 1 unspecified atom stereocenters. The van der Waals surface area contributed by atoms with E-state index < -0.39 is 11.9 Å². The number of anilines is 2. The molecule has 0 aliphatic heterocycles. The summed E-state index contributed by atoms with van der Waals surface area (Å²) >= 11 is 3.37. The van der Waals surface area contributed by atoms with Crippen LogP contribution >= 0.6 is 15.9 Å². The zero-order valence-electron chi connectivity index (χ0n) is 15.4. The van der Waals surface area contributed by atoms with Crippen molar-refractivity contribution < 1.29 is 14.3 Å². The number of primary amides is 1. The van der Waals surface area contributed by atoms with Gasteiger partial charge in [-0.2, -0.15) is 5.10 Å². The number of carbonyl (C=O) groups excluding carboxylic acids is 2. The molecule has 1 aromatic carbocycles. The number of benzene rings is 1. The van der Waals surface area contributed by atoms with Gasteiger partial charge < -0.3 is 15.8 Å². The fourth-order valence-corrected chi connectivity index (χ4v) is 4.07. The number of methoxy groups -OCH3 is 1. The number of nitrogens with two attached hydrogens (primary N) is 1. The Labute approximate surface area is 166 Å². The quantitative estimate of drug-likeness (QED) is 0.691. The molecule has 144 valence electrons. The van der Waals surface area contributed by atoms with Crippen LogP contribution in [0.1, 0.15) is 59.4 Å². The summed E-state index contributed by atoms with van der Waals surface area (Å²) in [6.45, 7) is 2.21. The van der Waals surface area contributed by atoms with Crippen LogP contribution in [0.25, 0.3) is 0 Å². The molecule has 0 saturated heterocycles. The van der Waals surface area contributed by atoms with Crippen LogP contribution in [0.4, 0.5) is 11.5 Å². The van der Waals surface area contributed by atoms with Crippen LogP contribution in [-0.2, 0) is 4.74 Å². The van der Waals surface area contributed by atoms with E-state index in [2.05, 4.69) is 33.3 Å². The highest BCUT2D eigenvalue weighted by atomic mass is 79.9. The van der Waals surface area contributed by atoms with E-state index >= 15 is 0 Å². The summed E-state index contributed by atoms with van der Waals surface area (Å²) in [5, 5.41) is 7.74. The minimum atomic E-state index is -0.530. The molecule has 1 amide bonds. The average Bonchev–Trinajstić information content (AvgIpc) is 3.05. The van der Waals surface area contributed by atoms with Gasteiger partial charge in [-0.3, -0.25) is 9.48 Å². The molecule has 1 aliphatic carbocycles. The van der Waals surface area contributed by atoms with Crippen molar-refractivity contribution in [3.8, 4) is 0 Å². The first-order valence-electron chi connectivity index (χ1n) is 8.94. The topological polar surface area (TPSA) is 99.2 Å². The first-order valence-corrected chi connectivity index (χ1v) is 9.74. The molecule has 2 atom stereocenters. The van der Waals surface area contributed by atoms with E-state index in [-0.39, 0.29) is 6.04 Å². The van der Waals surface area contributed by atoms with E-state index in [9.17, 15) is 9.59 Å². The maximum absolute atomic E-state index is 11.9. The normalized spacial score (nSPS) is 19.5. The van der Waals surface area contributed by atoms with E-state index in [1.54, 1.807) is 24.4 Å². The van der Waals surface area contributed by atoms with E-state index in [0.29, 0.717) is 33.0 Å². The van der Waals surface area contributed by atoms with Gasteiger partial charge in [-0.25, -0.2) is 4.79 Å². The van der Waals surface area contributed by atoms with Crippen LogP contribution in [0, 0.1) is 5.92 Å². The highest BCUT2D eigenvalue weighted by Gasteiger charge is 2.26. The largest absolute Gasteiger partial charge is 0.465 e. The Morgan fingerprint density at radius 3 is 2.67 bits per heavy atom. The van der Waals surface area contributed by atoms with E-state index in [4.69, 9.17) is 10.5 Å². The molecule has 3 rings (SSSR count). The molecule has 1 aromatic heterocycles. The van der Waals surface area contributed by atoms with Crippen molar-refractivity contribution in [2.45, 2.75) is 38.6 Å². The monoisotopic (exact) mass is 434 g/mol. The van der Waals surface area contributed by atoms with E-state index in [1.807, 2.05) is 4.68 Å². The van der Waals surface area contributed by atoms with Crippen LogP contribution in [0.15, 0.2) is 28.9 Å². The number of nitrogens with one attached hydrogen (secondary N) is 1. The van der Waals surface area contributed by atoms with E-state index in [0.717, 1.165) is 19.3 Å². The standard InChI is InChI=1S/C19H23BrN4O3/c1-11-5-3-4-6-16(11)24-10-14(17(21)25)18(23-24)22-12-7-8-13(15(20)9-12)19(26)27-2/h7-11,16H,3-6H2,1-2H3,(H2,21,25)(H,22,23)/t11-,16?/m0/s1. The molecule has 8 heteroatoms. The fraction of sp³-hybridized carbons (Fsp3) is 0.421. The van der Waals surface area contributed by atoms with Crippen molar-refractivity contribution in [2.75, 3.05) is 12.4 Å². The Morgan fingerprint density at radius 1 is 1.30 bits per heavy atom.